The number of rotatable bonds is 3. The lowest BCUT2D eigenvalue weighted by Gasteiger charge is -2.33. The van der Waals surface area contributed by atoms with Crippen molar-refractivity contribution in [2.45, 2.75) is 38.3 Å². The van der Waals surface area contributed by atoms with E-state index in [4.69, 9.17) is 9.15 Å². The Morgan fingerprint density at radius 3 is 2.59 bits per heavy atom. The average Bonchev–Trinajstić information content (AvgIpc) is 3.36. The molecule has 5 rings (SSSR count). The maximum absolute atomic E-state index is 12.2. The molecule has 1 aliphatic heterocycles. The van der Waals surface area contributed by atoms with E-state index in [1.54, 1.807) is 0 Å². The highest BCUT2D eigenvalue weighted by Gasteiger charge is 2.31. The van der Waals surface area contributed by atoms with Crippen molar-refractivity contribution < 1.29 is 19.1 Å². The fourth-order valence-electron chi connectivity index (χ4n) is 4.44. The second kappa shape index (κ2) is 6.43. The van der Waals surface area contributed by atoms with E-state index in [1.165, 1.54) is 25.7 Å². The minimum atomic E-state index is -0.973. The van der Waals surface area contributed by atoms with Gasteiger partial charge >= 0.3 is 5.97 Å². The van der Waals surface area contributed by atoms with Crippen molar-refractivity contribution in [3.8, 4) is 17.1 Å². The van der Waals surface area contributed by atoms with Gasteiger partial charge in [0.05, 0.1) is 0 Å². The van der Waals surface area contributed by atoms with Gasteiger partial charge in [0.2, 0.25) is 0 Å². The van der Waals surface area contributed by atoms with Gasteiger partial charge in [-0.3, -0.25) is 4.90 Å². The van der Waals surface area contributed by atoms with Crippen molar-refractivity contribution in [1.29, 1.82) is 0 Å². The maximum atomic E-state index is 12.2. The summed E-state index contributed by atoms with van der Waals surface area (Å²) in [6.07, 6.45) is 4.87. The molecule has 0 amide bonds. The van der Waals surface area contributed by atoms with Gasteiger partial charge in [-0.25, -0.2) is 4.79 Å². The molecule has 5 nitrogen and oxygen atoms in total. The number of carboxylic acids is 1. The molecule has 1 aliphatic carbocycles. The number of benzene rings is 2. The number of fused-ring (bicyclic) bond motifs is 3. The molecule has 1 saturated carbocycles. The predicted octanol–water partition coefficient (Wildman–Crippen LogP) is 4.89. The Bertz CT molecular complexity index is 1000. The fourth-order valence-corrected chi connectivity index (χ4v) is 4.44. The zero-order valence-electron chi connectivity index (χ0n) is 15.0. The minimum Gasteiger partial charge on any atom is -0.478 e. The van der Waals surface area contributed by atoms with Gasteiger partial charge in [-0.2, -0.15) is 0 Å². The third-order valence-electron chi connectivity index (χ3n) is 5.76. The number of aromatic carboxylic acids is 1. The van der Waals surface area contributed by atoms with Crippen LogP contribution < -0.4 is 4.74 Å². The standard InChI is InChI=1S/C22H21NO4/c24-22(25)20-19-16-12-23(15-8-4-5-9-15)13-26-17(16)10-11-18(19)27-21(20)14-6-2-1-3-7-14/h1-3,6-7,10-11,15H,4-5,8-9,12-13H2,(H,24,25). The Balaban J connectivity index is 1.68. The maximum Gasteiger partial charge on any atom is 0.340 e. The van der Waals surface area contributed by atoms with E-state index in [9.17, 15) is 9.90 Å². The van der Waals surface area contributed by atoms with Crippen LogP contribution in [0.1, 0.15) is 41.6 Å². The number of furan rings is 1. The fraction of sp³-hybridized carbons (Fsp3) is 0.318. The Labute approximate surface area is 157 Å². The Morgan fingerprint density at radius 1 is 1.07 bits per heavy atom. The van der Waals surface area contributed by atoms with Crippen molar-refractivity contribution in [2.75, 3.05) is 6.73 Å². The van der Waals surface area contributed by atoms with E-state index in [2.05, 4.69) is 4.90 Å². The van der Waals surface area contributed by atoms with E-state index in [1.807, 2.05) is 42.5 Å². The summed E-state index contributed by atoms with van der Waals surface area (Å²) in [5.41, 5.74) is 2.52. The number of carbonyl (C=O) groups is 1. The first-order chi connectivity index (χ1) is 13.2. The van der Waals surface area contributed by atoms with Gasteiger partial charge in [-0.1, -0.05) is 43.2 Å². The molecule has 0 unspecified atom stereocenters. The van der Waals surface area contributed by atoms with Gasteiger partial charge in [0.15, 0.2) is 0 Å². The van der Waals surface area contributed by atoms with Crippen molar-refractivity contribution in [3.63, 3.8) is 0 Å². The molecule has 2 aliphatic rings. The van der Waals surface area contributed by atoms with E-state index in [0.717, 1.165) is 16.9 Å². The quantitative estimate of drug-likeness (QED) is 0.718. The summed E-state index contributed by atoms with van der Waals surface area (Å²) in [5.74, 6) is 0.197. The molecule has 2 heterocycles. The summed E-state index contributed by atoms with van der Waals surface area (Å²) in [7, 11) is 0. The van der Waals surface area contributed by atoms with Crippen LogP contribution in [0.3, 0.4) is 0 Å². The smallest absolute Gasteiger partial charge is 0.340 e. The number of hydrogen-bond donors (Lipinski definition) is 1. The molecule has 1 aromatic heterocycles. The highest BCUT2D eigenvalue weighted by Crippen LogP contribution is 2.41. The first-order valence-corrected chi connectivity index (χ1v) is 9.46. The highest BCUT2D eigenvalue weighted by molar-refractivity contribution is 6.09. The molecule has 0 saturated heterocycles. The lowest BCUT2D eigenvalue weighted by molar-refractivity contribution is 0.0586. The molecule has 0 bridgehead atoms. The first-order valence-electron chi connectivity index (χ1n) is 9.46. The van der Waals surface area contributed by atoms with Crippen LogP contribution in [0.25, 0.3) is 22.3 Å². The molecule has 138 valence electrons. The Morgan fingerprint density at radius 2 is 1.85 bits per heavy atom. The molecule has 5 heteroatoms. The summed E-state index contributed by atoms with van der Waals surface area (Å²) < 4.78 is 12.0. The van der Waals surface area contributed by atoms with E-state index in [0.29, 0.717) is 36.0 Å². The third kappa shape index (κ3) is 2.70. The van der Waals surface area contributed by atoms with Crippen LogP contribution in [-0.4, -0.2) is 28.7 Å². The van der Waals surface area contributed by atoms with Crippen LogP contribution in [0.5, 0.6) is 5.75 Å². The molecule has 0 atom stereocenters. The summed E-state index contributed by atoms with van der Waals surface area (Å²) >= 11 is 0. The second-order valence-electron chi connectivity index (χ2n) is 7.35. The number of nitrogens with zero attached hydrogens (tertiary/aromatic N) is 1. The largest absolute Gasteiger partial charge is 0.478 e. The van der Waals surface area contributed by atoms with Gasteiger partial charge in [-0.05, 0) is 25.0 Å². The first kappa shape index (κ1) is 16.4. The molecule has 3 aromatic rings. The van der Waals surface area contributed by atoms with Gasteiger partial charge in [0.25, 0.3) is 0 Å². The summed E-state index contributed by atoms with van der Waals surface area (Å²) in [5, 5.41) is 10.6. The van der Waals surface area contributed by atoms with Crippen LogP contribution in [0, 0.1) is 0 Å². The van der Waals surface area contributed by atoms with Gasteiger partial charge in [-0.15, -0.1) is 0 Å². The summed E-state index contributed by atoms with van der Waals surface area (Å²) in [4.78, 5) is 14.5. The minimum absolute atomic E-state index is 0.227. The van der Waals surface area contributed by atoms with Crippen LogP contribution in [0.15, 0.2) is 46.9 Å². The predicted molar refractivity (Wildman–Crippen MR) is 102 cm³/mol. The molecule has 0 radical (unpaired) electrons. The Hall–Kier alpha value is -2.79. The van der Waals surface area contributed by atoms with Crippen molar-refractivity contribution in [3.05, 3.63) is 53.6 Å². The SMILES string of the molecule is O=C(O)c1c(-c2ccccc2)oc2ccc3c(c12)CN(C1CCCC1)CO3. The monoisotopic (exact) mass is 363 g/mol. The van der Waals surface area contributed by atoms with Crippen molar-refractivity contribution in [1.82, 2.24) is 4.90 Å². The topological polar surface area (TPSA) is 62.9 Å². The van der Waals surface area contributed by atoms with Gasteiger partial charge in [0, 0.05) is 29.1 Å². The molecular formula is C22H21NO4. The second-order valence-corrected chi connectivity index (χ2v) is 7.35. The average molecular weight is 363 g/mol. The summed E-state index contributed by atoms with van der Waals surface area (Å²) in [6, 6.07) is 13.6. The van der Waals surface area contributed by atoms with Crippen LogP contribution in [0.4, 0.5) is 0 Å². The van der Waals surface area contributed by atoms with Crippen LogP contribution >= 0.6 is 0 Å². The van der Waals surface area contributed by atoms with Crippen LogP contribution in [-0.2, 0) is 6.54 Å². The molecular weight excluding hydrogens is 342 g/mol. The van der Waals surface area contributed by atoms with Gasteiger partial charge in [0.1, 0.15) is 29.4 Å². The number of ether oxygens (including phenoxy) is 1. The molecule has 1 fully saturated rings. The highest BCUT2D eigenvalue weighted by atomic mass is 16.5. The van der Waals surface area contributed by atoms with Crippen molar-refractivity contribution >= 4 is 16.9 Å². The lowest BCUT2D eigenvalue weighted by Crippen LogP contribution is -2.39. The normalized spacial score (nSPS) is 17.8. The number of carboxylic acid groups (broad SMARTS) is 1. The lowest BCUT2D eigenvalue weighted by atomic mass is 9.99. The zero-order chi connectivity index (χ0) is 18.4. The number of hydrogen-bond acceptors (Lipinski definition) is 4. The third-order valence-corrected chi connectivity index (χ3v) is 5.76. The molecule has 2 aromatic carbocycles. The Kier molecular flexibility index (Phi) is 3.90. The molecule has 27 heavy (non-hydrogen) atoms. The van der Waals surface area contributed by atoms with E-state index in [-0.39, 0.29) is 5.56 Å². The van der Waals surface area contributed by atoms with E-state index < -0.39 is 5.97 Å². The van der Waals surface area contributed by atoms with E-state index >= 15 is 0 Å². The molecule has 0 spiro atoms. The summed E-state index contributed by atoms with van der Waals surface area (Å²) in [6.45, 7) is 1.26. The van der Waals surface area contributed by atoms with Crippen molar-refractivity contribution in [2.24, 2.45) is 0 Å². The van der Waals surface area contributed by atoms with Gasteiger partial charge < -0.3 is 14.3 Å². The van der Waals surface area contributed by atoms with Crippen LogP contribution in [0.2, 0.25) is 0 Å². The zero-order valence-corrected chi connectivity index (χ0v) is 15.0. The molecule has 1 N–H and O–H groups in total.